The number of rotatable bonds is 23. The van der Waals surface area contributed by atoms with Gasteiger partial charge in [-0.15, -0.1) is 0 Å². The Kier molecular flexibility index (Phi) is 30.0. The number of esters is 1. The fourth-order valence-corrected chi connectivity index (χ4v) is 8.42. The highest BCUT2D eigenvalue weighted by Gasteiger charge is 2.37. The van der Waals surface area contributed by atoms with Crippen LogP contribution in [0, 0.1) is 35.5 Å². The second-order valence-electron chi connectivity index (χ2n) is 22.2. The van der Waals surface area contributed by atoms with E-state index in [2.05, 4.69) is 51.1 Å². The Hall–Kier alpha value is -5.30. The predicted octanol–water partition coefficient (Wildman–Crippen LogP) is 4.65. The van der Waals surface area contributed by atoms with Crippen LogP contribution in [0.5, 0.6) is 0 Å². The van der Waals surface area contributed by atoms with E-state index in [1.165, 1.54) is 0 Å². The van der Waals surface area contributed by atoms with Crippen molar-refractivity contribution in [2.75, 3.05) is 0 Å². The summed E-state index contributed by atoms with van der Waals surface area (Å²) < 4.78 is 6.02. The molecule has 1 rings (SSSR count). The van der Waals surface area contributed by atoms with E-state index in [9.17, 15) is 58.2 Å². The predicted molar refractivity (Wildman–Crippen MR) is 272 cm³/mol. The summed E-state index contributed by atoms with van der Waals surface area (Å²) >= 11 is 0. The number of aliphatic carboxylic acids is 2. The van der Waals surface area contributed by atoms with Gasteiger partial charge in [0.25, 0.3) is 0 Å². The van der Waals surface area contributed by atoms with Crippen LogP contribution in [0.25, 0.3) is 0 Å². The number of carbonyl (C=O) groups excluding carboxylic acids is 8. The first-order chi connectivity index (χ1) is 33.6. The fourth-order valence-electron chi connectivity index (χ4n) is 8.42. The fraction of sp³-hybridized carbons (Fsp3) is 0.808. The molecule has 8 atom stereocenters. The maximum absolute atomic E-state index is 14.2. The molecule has 0 saturated carbocycles. The largest absolute Gasteiger partial charge is 0.481 e. The van der Waals surface area contributed by atoms with Gasteiger partial charge in [-0.2, -0.15) is 0 Å². The third-order valence-electron chi connectivity index (χ3n) is 12.0. The molecule has 1 aliphatic heterocycles. The van der Waals surface area contributed by atoms with Gasteiger partial charge in [-0.25, -0.2) is 4.79 Å². The highest BCUT2D eigenvalue weighted by Crippen LogP contribution is 2.19. The molecule has 1 aliphatic rings. The maximum atomic E-state index is 14.2. The number of cyclic esters (lactones) is 1. The smallest absolute Gasteiger partial charge is 0.328 e. The van der Waals surface area contributed by atoms with Crippen LogP contribution in [-0.2, 0) is 52.7 Å². The minimum absolute atomic E-state index is 0.0296. The van der Waals surface area contributed by atoms with Crippen molar-refractivity contribution in [3.05, 3.63) is 0 Å². The van der Waals surface area contributed by atoms with Crippen LogP contribution in [-0.4, -0.2) is 118 Å². The Morgan fingerprint density at radius 2 is 0.778 bits per heavy atom. The summed E-state index contributed by atoms with van der Waals surface area (Å²) in [6.07, 6.45) is 2.64. The van der Waals surface area contributed by atoms with Gasteiger partial charge in [-0.1, -0.05) is 115 Å². The molecule has 0 spiro atoms. The molecule has 0 aliphatic carbocycles. The summed E-state index contributed by atoms with van der Waals surface area (Å²) in [5, 5.41) is 38.0. The van der Waals surface area contributed by atoms with E-state index >= 15 is 0 Å². The van der Waals surface area contributed by atoms with Crippen molar-refractivity contribution in [2.45, 2.75) is 234 Å². The zero-order valence-corrected chi connectivity index (χ0v) is 45.3. The molecule has 20 heteroatoms. The number of carbonyl (C=O) groups is 10. The van der Waals surface area contributed by atoms with Gasteiger partial charge in [0.15, 0.2) is 0 Å². The molecular weight excluding hydrogens is 931 g/mol. The Bertz CT molecular complexity index is 1790. The van der Waals surface area contributed by atoms with E-state index in [1.807, 2.05) is 27.7 Å². The highest BCUT2D eigenvalue weighted by atomic mass is 16.5. The van der Waals surface area contributed by atoms with Crippen molar-refractivity contribution < 1.29 is 62.9 Å². The molecule has 8 unspecified atom stereocenters. The van der Waals surface area contributed by atoms with Gasteiger partial charge in [0.2, 0.25) is 41.4 Å². The first kappa shape index (κ1) is 64.7. The van der Waals surface area contributed by atoms with Crippen LogP contribution in [0.2, 0.25) is 0 Å². The SMILES string of the molecule is CC(C)CCCCCCCC1CC(=O)NC(CCC(=O)O)C(=O)NC(CC(C)C)C(=O)NC(CC(C)C)C(=O)NC(CC(C)C)C(=O)NC(CC(=O)O)C(=O)NC(CC(C)C)C(=O)NC(CC(C)C)C(=O)O1. The first-order valence-electron chi connectivity index (χ1n) is 26.3. The summed E-state index contributed by atoms with van der Waals surface area (Å²) in [5.74, 6) is -9.77. The Balaban J connectivity index is 4.02. The number of nitrogens with one attached hydrogen (secondary N) is 7. The monoisotopic (exact) mass is 1020 g/mol. The second-order valence-corrected chi connectivity index (χ2v) is 22.2. The summed E-state index contributed by atoms with van der Waals surface area (Å²) in [4.78, 5) is 137. The van der Waals surface area contributed by atoms with Crippen LogP contribution < -0.4 is 37.2 Å². The number of carboxylic acids is 2. The van der Waals surface area contributed by atoms with Crippen molar-refractivity contribution in [1.82, 2.24) is 37.2 Å². The molecule has 72 heavy (non-hydrogen) atoms. The van der Waals surface area contributed by atoms with Crippen LogP contribution in [0.3, 0.4) is 0 Å². The third kappa shape index (κ3) is 27.5. The Labute approximate surface area is 428 Å². The molecule has 9 N–H and O–H groups in total. The number of hydrogen-bond acceptors (Lipinski definition) is 11. The van der Waals surface area contributed by atoms with Gasteiger partial charge in [-0.05, 0) is 86.9 Å². The molecule has 0 aromatic heterocycles. The van der Waals surface area contributed by atoms with Crippen molar-refractivity contribution in [2.24, 2.45) is 35.5 Å². The molecular formula is C52H91N7O13. The zero-order chi connectivity index (χ0) is 54.8. The number of hydrogen-bond donors (Lipinski definition) is 9. The van der Waals surface area contributed by atoms with E-state index in [-0.39, 0.29) is 74.5 Å². The van der Waals surface area contributed by atoms with E-state index < -0.39 is 127 Å². The lowest BCUT2D eigenvalue weighted by Gasteiger charge is -2.29. The number of amides is 7. The van der Waals surface area contributed by atoms with Gasteiger partial charge in [0, 0.05) is 6.42 Å². The van der Waals surface area contributed by atoms with Crippen molar-refractivity contribution in [3.63, 3.8) is 0 Å². The molecule has 0 bridgehead atoms. The summed E-state index contributed by atoms with van der Waals surface area (Å²) in [6, 6.07) is -9.61. The minimum Gasteiger partial charge on any atom is -0.481 e. The topological polar surface area (TPSA) is 305 Å². The number of unbranched alkanes of at least 4 members (excludes halogenated alkanes) is 4. The lowest BCUT2D eigenvalue weighted by Crippen LogP contribution is -2.60. The number of ether oxygens (including phenoxy) is 1. The second kappa shape index (κ2) is 33.4. The van der Waals surface area contributed by atoms with Crippen LogP contribution in [0.4, 0.5) is 0 Å². The quantitative estimate of drug-likeness (QED) is 0.0498. The number of carboxylic acid groups (broad SMARTS) is 2. The lowest BCUT2D eigenvalue weighted by molar-refractivity contribution is -0.155. The van der Waals surface area contributed by atoms with Crippen LogP contribution in [0.15, 0.2) is 0 Å². The van der Waals surface area contributed by atoms with E-state index in [4.69, 9.17) is 4.74 Å². The molecule has 1 saturated heterocycles. The molecule has 1 fully saturated rings. The van der Waals surface area contributed by atoms with Gasteiger partial charge in [0.1, 0.15) is 48.4 Å². The van der Waals surface area contributed by atoms with Crippen LogP contribution in [0.1, 0.15) is 186 Å². The van der Waals surface area contributed by atoms with E-state index in [0.717, 1.165) is 32.1 Å². The first-order valence-corrected chi connectivity index (χ1v) is 26.3. The van der Waals surface area contributed by atoms with Crippen LogP contribution >= 0.6 is 0 Å². The van der Waals surface area contributed by atoms with E-state index in [0.29, 0.717) is 12.3 Å². The summed E-state index contributed by atoms with van der Waals surface area (Å²) in [7, 11) is 0. The molecule has 20 nitrogen and oxygen atoms in total. The van der Waals surface area contributed by atoms with Gasteiger partial charge < -0.3 is 52.2 Å². The minimum atomic E-state index is -1.72. The van der Waals surface area contributed by atoms with Gasteiger partial charge in [0.05, 0.1) is 12.8 Å². The average molecular weight is 1020 g/mol. The standard InChI is InChI=1S/C52H91N7O13/c1-29(2)18-16-14-13-15-17-19-35-27-43(60)53-36(20-21-44(61)62)46(65)54-37(22-30(3)4)47(66)55-38(23-31(5)6)48(67)56-39(24-32(7)8)49(68)58-41(28-45(63)64)51(70)57-40(25-33(9)10)50(69)59-42(26-34(11)12)52(71)72-35/h29-42H,13-28H2,1-12H3,(H,53,60)(H,54,65)(H,55,66)(H,56,67)(H,57,70)(H,58,68)(H,59,69)(H,61,62)(H,63,64). The summed E-state index contributed by atoms with van der Waals surface area (Å²) in [5.41, 5.74) is 0. The van der Waals surface area contributed by atoms with Gasteiger partial charge >= 0.3 is 17.9 Å². The summed E-state index contributed by atoms with van der Waals surface area (Å²) in [6.45, 7) is 22.3. The molecule has 1 heterocycles. The average Bonchev–Trinajstić information content (AvgIpc) is 3.24. The Morgan fingerprint density at radius 1 is 0.431 bits per heavy atom. The third-order valence-corrected chi connectivity index (χ3v) is 12.0. The maximum Gasteiger partial charge on any atom is 0.328 e. The molecule has 7 amide bonds. The lowest BCUT2D eigenvalue weighted by atomic mass is 9.98. The van der Waals surface area contributed by atoms with Gasteiger partial charge in [-0.3, -0.25) is 43.2 Å². The molecule has 0 aromatic rings. The van der Waals surface area contributed by atoms with Crippen molar-refractivity contribution in [3.8, 4) is 0 Å². The Morgan fingerprint density at radius 3 is 1.17 bits per heavy atom. The molecule has 0 aromatic carbocycles. The van der Waals surface area contributed by atoms with Crippen molar-refractivity contribution >= 4 is 59.3 Å². The molecule has 412 valence electrons. The normalized spacial score (nSPS) is 24.2. The van der Waals surface area contributed by atoms with Crippen molar-refractivity contribution in [1.29, 1.82) is 0 Å². The zero-order valence-electron chi connectivity index (χ0n) is 45.3. The highest BCUT2D eigenvalue weighted by molar-refractivity contribution is 5.98. The molecule has 0 radical (unpaired) electrons. The van der Waals surface area contributed by atoms with E-state index in [1.54, 1.807) is 41.5 Å².